The molecule has 1 heterocycles. The Balaban J connectivity index is 1.97. The van der Waals surface area contributed by atoms with Crippen molar-refractivity contribution in [3.8, 4) is 5.75 Å². The van der Waals surface area contributed by atoms with Crippen LogP contribution in [0, 0.1) is 12.8 Å². The fourth-order valence-electron chi connectivity index (χ4n) is 3.95. The van der Waals surface area contributed by atoms with E-state index >= 15 is 0 Å². The predicted molar refractivity (Wildman–Crippen MR) is 133 cm³/mol. The zero-order chi connectivity index (χ0) is 25.2. The van der Waals surface area contributed by atoms with Crippen molar-refractivity contribution in [1.29, 1.82) is 0 Å². The zero-order valence-electron chi connectivity index (χ0n) is 20.7. The maximum absolute atomic E-state index is 13.4. The Hall–Kier alpha value is -2.62. The van der Waals surface area contributed by atoms with Gasteiger partial charge in [0.05, 0.1) is 29.7 Å². The molecule has 0 fully saturated rings. The van der Waals surface area contributed by atoms with E-state index in [0.717, 1.165) is 11.3 Å². The maximum atomic E-state index is 13.4. The number of ether oxygens (including phenoxy) is 1. The van der Waals surface area contributed by atoms with E-state index in [2.05, 4.69) is 0 Å². The molecule has 0 aromatic heterocycles. The highest BCUT2D eigenvalue weighted by molar-refractivity contribution is 7.89. The van der Waals surface area contributed by atoms with Crippen LogP contribution in [0.2, 0.25) is 0 Å². The summed E-state index contributed by atoms with van der Waals surface area (Å²) < 4.78 is 34.0. The van der Waals surface area contributed by atoms with Crippen LogP contribution in [0.3, 0.4) is 0 Å². The van der Waals surface area contributed by atoms with Crippen LogP contribution in [0.25, 0.3) is 0 Å². The molecule has 0 aliphatic carbocycles. The quantitative estimate of drug-likeness (QED) is 0.643. The number of carbonyl (C=O) groups excluding carboxylic acids is 1. The van der Waals surface area contributed by atoms with E-state index in [1.54, 1.807) is 55.3 Å². The van der Waals surface area contributed by atoms with Gasteiger partial charge in [0.2, 0.25) is 10.0 Å². The van der Waals surface area contributed by atoms with Crippen molar-refractivity contribution in [2.45, 2.75) is 37.8 Å². The average molecular weight is 490 g/mol. The number of sulfonamides is 1. The second-order valence-electron chi connectivity index (χ2n) is 9.30. The normalized spacial score (nSPS) is 19.8. The lowest BCUT2D eigenvalue weighted by Gasteiger charge is -2.38. The molecule has 186 valence electrons. The smallest absolute Gasteiger partial charge is 0.258 e. The third kappa shape index (κ3) is 5.37. The number of rotatable bonds is 7. The number of aliphatic hydroxyl groups is 1. The lowest BCUT2D eigenvalue weighted by atomic mass is 9.99. The molecule has 0 saturated heterocycles. The van der Waals surface area contributed by atoms with Crippen molar-refractivity contribution >= 4 is 21.6 Å². The monoisotopic (exact) mass is 489 g/mol. The molecule has 3 atom stereocenters. The molecule has 1 N–H and O–H groups in total. The summed E-state index contributed by atoms with van der Waals surface area (Å²) in [7, 11) is 1.60. The maximum Gasteiger partial charge on any atom is 0.258 e. The first-order valence-electron chi connectivity index (χ1n) is 11.4. The minimum Gasteiger partial charge on any atom is -0.488 e. The lowest BCUT2D eigenvalue weighted by Crippen LogP contribution is -2.50. The Morgan fingerprint density at radius 1 is 1.15 bits per heavy atom. The summed E-state index contributed by atoms with van der Waals surface area (Å²) in [6.45, 7) is 5.90. The van der Waals surface area contributed by atoms with E-state index in [1.807, 2.05) is 38.9 Å². The molecule has 1 aliphatic heterocycles. The van der Waals surface area contributed by atoms with Crippen molar-refractivity contribution < 1.29 is 23.1 Å². The SMILES string of the molecule is Cc1ccc(S(=O)(=O)N(C)C[C@H]2Oc3ccc(N(C)C)cc3C(=O)N([C@H](C)CO)C[C@@H]2C)cc1. The number of benzene rings is 2. The van der Waals surface area contributed by atoms with Crippen molar-refractivity contribution in [2.24, 2.45) is 5.92 Å². The number of fused-ring (bicyclic) bond motifs is 1. The van der Waals surface area contributed by atoms with E-state index in [-0.39, 0.29) is 29.9 Å². The third-order valence-corrected chi connectivity index (χ3v) is 8.17. The number of nitrogens with zero attached hydrogens (tertiary/aromatic N) is 3. The van der Waals surface area contributed by atoms with E-state index in [4.69, 9.17) is 4.74 Å². The molecule has 8 nitrogen and oxygen atoms in total. The second kappa shape index (κ2) is 10.3. The zero-order valence-corrected chi connectivity index (χ0v) is 21.5. The fraction of sp³-hybridized carbons (Fsp3) is 0.480. The molecule has 0 saturated carbocycles. The van der Waals surface area contributed by atoms with Crippen molar-refractivity contribution in [3.05, 3.63) is 53.6 Å². The topological polar surface area (TPSA) is 90.4 Å². The van der Waals surface area contributed by atoms with Gasteiger partial charge in [0, 0.05) is 39.3 Å². The van der Waals surface area contributed by atoms with Gasteiger partial charge in [-0.15, -0.1) is 0 Å². The summed E-state index contributed by atoms with van der Waals surface area (Å²) in [5.74, 6) is 0.00454. The fourth-order valence-corrected chi connectivity index (χ4v) is 5.13. The van der Waals surface area contributed by atoms with Crippen LogP contribution in [0.5, 0.6) is 5.75 Å². The van der Waals surface area contributed by atoms with Gasteiger partial charge >= 0.3 is 0 Å². The van der Waals surface area contributed by atoms with Gasteiger partial charge in [-0.25, -0.2) is 8.42 Å². The largest absolute Gasteiger partial charge is 0.488 e. The molecule has 3 rings (SSSR count). The second-order valence-corrected chi connectivity index (χ2v) is 11.3. The molecule has 1 amide bonds. The molecule has 1 aliphatic rings. The van der Waals surface area contributed by atoms with Gasteiger partial charge in [0.15, 0.2) is 0 Å². The predicted octanol–water partition coefficient (Wildman–Crippen LogP) is 2.60. The van der Waals surface area contributed by atoms with Crippen LogP contribution in [-0.2, 0) is 10.0 Å². The van der Waals surface area contributed by atoms with Gasteiger partial charge < -0.3 is 19.6 Å². The van der Waals surface area contributed by atoms with E-state index in [1.165, 1.54) is 4.31 Å². The van der Waals surface area contributed by atoms with Crippen molar-refractivity contribution in [3.63, 3.8) is 0 Å². The number of hydrogen-bond donors (Lipinski definition) is 1. The standard InChI is InChI=1S/C25H35N3O5S/c1-17-7-10-21(11-8-17)34(31,32)27(6)15-24-18(2)14-28(19(3)16-29)25(30)22-13-20(26(4)5)9-12-23(22)33-24/h7-13,18-19,24,29H,14-16H2,1-6H3/t18-,19+,24+/m0/s1. The molecule has 34 heavy (non-hydrogen) atoms. The first-order chi connectivity index (χ1) is 15.9. The Morgan fingerprint density at radius 2 is 1.79 bits per heavy atom. The van der Waals surface area contributed by atoms with Crippen LogP contribution in [-0.4, -0.2) is 81.6 Å². The minimum atomic E-state index is -3.71. The average Bonchev–Trinajstić information content (AvgIpc) is 2.80. The number of likely N-dealkylation sites (N-methyl/N-ethyl adjacent to an activating group) is 1. The molecule has 0 unspecified atom stereocenters. The number of aryl methyl sites for hydroxylation is 1. The Labute approximate surface area is 202 Å². The van der Waals surface area contributed by atoms with Crippen molar-refractivity contribution in [2.75, 3.05) is 45.7 Å². The van der Waals surface area contributed by atoms with Crippen LogP contribution < -0.4 is 9.64 Å². The van der Waals surface area contributed by atoms with Crippen LogP contribution in [0.1, 0.15) is 29.8 Å². The molecule has 2 aromatic carbocycles. The lowest BCUT2D eigenvalue weighted by molar-refractivity contribution is 0.0387. The van der Waals surface area contributed by atoms with Gasteiger partial charge in [-0.05, 0) is 44.2 Å². The highest BCUT2D eigenvalue weighted by atomic mass is 32.2. The van der Waals surface area contributed by atoms with E-state index < -0.39 is 22.2 Å². The number of anilines is 1. The van der Waals surface area contributed by atoms with Gasteiger partial charge in [0.25, 0.3) is 5.91 Å². The number of carbonyl (C=O) groups is 1. The molecular formula is C25H35N3O5S. The number of amides is 1. The minimum absolute atomic E-state index is 0.113. The number of hydrogen-bond acceptors (Lipinski definition) is 6. The Morgan fingerprint density at radius 3 is 2.38 bits per heavy atom. The first kappa shape index (κ1) is 26.0. The van der Waals surface area contributed by atoms with Gasteiger partial charge in [0.1, 0.15) is 11.9 Å². The van der Waals surface area contributed by atoms with Crippen LogP contribution in [0.15, 0.2) is 47.4 Å². The Kier molecular flexibility index (Phi) is 7.90. The summed E-state index contributed by atoms with van der Waals surface area (Å²) >= 11 is 0. The molecule has 9 heteroatoms. The third-order valence-electron chi connectivity index (χ3n) is 6.33. The van der Waals surface area contributed by atoms with Gasteiger partial charge in [-0.2, -0.15) is 4.31 Å². The van der Waals surface area contributed by atoms with E-state index in [0.29, 0.717) is 17.9 Å². The van der Waals surface area contributed by atoms with Gasteiger partial charge in [-0.1, -0.05) is 24.6 Å². The molecule has 0 radical (unpaired) electrons. The number of aliphatic hydroxyl groups excluding tert-OH is 1. The van der Waals surface area contributed by atoms with Crippen molar-refractivity contribution in [1.82, 2.24) is 9.21 Å². The summed E-state index contributed by atoms with van der Waals surface area (Å²) in [4.78, 5) is 17.2. The van der Waals surface area contributed by atoms with Crippen LogP contribution >= 0.6 is 0 Å². The Bertz CT molecular complexity index is 1120. The van der Waals surface area contributed by atoms with Crippen LogP contribution in [0.4, 0.5) is 5.69 Å². The molecule has 0 bridgehead atoms. The molecular weight excluding hydrogens is 454 g/mol. The molecule has 2 aromatic rings. The van der Waals surface area contributed by atoms with Gasteiger partial charge in [-0.3, -0.25) is 4.79 Å². The summed E-state index contributed by atoms with van der Waals surface area (Å²) in [5.41, 5.74) is 2.22. The highest BCUT2D eigenvalue weighted by Gasteiger charge is 2.35. The molecule has 0 spiro atoms. The van der Waals surface area contributed by atoms with E-state index in [9.17, 15) is 18.3 Å². The first-order valence-corrected chi connectivity index (χ1v) is 12.8. The summed E-state index contributed by atoms with van der Waals surface area (Å²) in [5, 5.41) is 9.79. The highest BCUT2D eigenvalue weighted by Crippen LogP contribution is 2.31. The summed E-state index contributed by atoms with van der Waals surface area (Å²) in [6, 6.07) is 11.7. The summed E-state index contributed by atoms with van der Waals surface area (Å²) in [6.07, 6.45) is -0.504.